The number of piperidine rings is 1. The van der Waals surface area contributed by atoms with E-state index in [4.69, 9.17) is 13.9 Å². The number of aryl methyl sites for hydroxylation is 2. The average molecular weight is 519 g/mol. The molecule has 3 aromatic rings. The fraction of sp³-hybridized carbons (Fsp3) is 0.484. The number of carbonyl (C=O) groups excluding carboxylic acids is 2. The van der Waals surface area contributed by atoms with Crippen molar-refractivity contribution in [1.29, 1.82) is 0 Å². The lowest BCUT2D eigenvalue weighted by Crippen LogP contribution is -2.50. The lowest BCUT2D eigenvalue weighted by atomic mass is 9.73. The SMILES string of the molecule is COc1ccc2oc(C(=O)N3CCC4(CCCCc5ccccc5O[C@H](C)C(=O)N(C)C4)CC3)c(C)c2c1. The van der Waals surface area contributed by atoms with E-state index in [2.05, 4.69) is 6.07 Å². The molecule has 7 nitrogen and oxygen atoms in total. The molecule has 0 unspecified atom stereocenters. The van der Waals surface area contributed by atoms with Gasteiger partial charge in [0.15, 0.2) is 11.9 Å². The van der Waals surface area contributed by atoms with Gasteiger partial charge in [-0.3, -0.25) is 9.59 Å². The van der Waals surface area contributed by atoms with E-state index in [1.807, 2.05) is 67.1 Å². The van der Waals surface area contributed by atoms with Gasteiger partial charge in [0.05, 0.1) is 7.11 Å². The number of furan rings is 1. The second-order valence-corrected chi connectivity index (χ2v) is 11.0. The van der Waals surface area contributed by atoms with E-state index in [0.717, 1.165) is 66.5 Å². The molecule has 1 saturated heterocycles. The van der Waals surface area contributed by atoms with Crippen LogP contribution in [0, 0.1) is 12.3 Å². The number of likely N-dealkylation sites (N-methyl/N-ethyl adjacent to an activating group) is 1. The minimum Gasteiger partial charge on any atom is -0.497 e. The highest BCUT2D eigenvalue weighted by molar-refractivity contribution is 5.99. The number of hydrogen-bond acceptors (Lipinski definition) is 5. The van der Waals surface area contributed by atoms with E-state index in [1.54, 1.807) is 7.11 Å². The van der Waals surface area contributed by atoms with Crippen LogP contribution in [0.4, 0.5) is 0 Å². The highest BCUT2D eigenvalue weighted by Crippen LogP contribution is 2.39. The summed E-state index contributed by atoms with van der Waals surface area (Å²) in [7, 11) is 3.51. The Labute approximate surface area is 224 Å². The third-order valence-electron chi connectivity index (χ3n) is 8.43. The molecule has 0 saturated carbocycles. The van der Waals surface area contributed by atoms with E-state index < -0.39 is 6.10 Å². The van der Waals surface area contributed by atoms with Gasteiger partial charge in [-0.15, -0.1) is 0 Å². The number of amides is 2. The molecule has 1 fully saturated rings. The molecular weight excluding hydrogens is 480 g/mol. The zero-order valence-electron chi connectivity index (χ0n) is 22.9. The second-order valence-electron chi connectivity index (χ2n) is 11.0. The summed E-state index contributed by atoms with van der Waals surface area (Å²) < 4.78 is 17.5. The van der Waals surface area contributed by atoms with Gasteiger partial charge in [0, 0.05) is 37.6 Å². The van der Waals surface area contributed by atoms with Crippen LogP contribution < -0.4 is 9.47 Å². The molecule has 1 spiro atoms. The molecule has 7 heteroatoms. The number of para-hydroxylation sites is 1. The van der Waals surface area contributed by atoms with Gasteiger partial charge < -0.3 is 23.7 Å². The van der Waals surface area contributed by atoms with Crippen LogP contribution in [-0.2, 0) is 11.2 Å². The first-order valence-corrected chi connectivity index (χ1v) is 13.7. The van der Waals surface area contributed by atoms with Crippen LogP contribution in [0.15, 0.2) is 46.9 Å². The van der Waals surface area contributed by atoms with Gasteiger partial charge in [0.25, 0.3) is 11.8 Å². The zero-order valence-corrected chi connectivity index (χ0v) is 22.9. The van der Waals surface area contributed by atoms with Crippen LogP contribution in [0.2, 0.25) is 0 Å². The first kappa shape index (κ1) is 26.1. The fourth-order valence-electron chi connectivity index (χ4n) is 6.12. The van der Waals surface area contributed by atoms with Crippen molar-refractivity contribution >= 4 is 22.8 Å². The van der Waals surface area contributed by atoms with Gasteiger partial charge in [-0.2, -0.15) is 0 Å². The Kier molecular flexibility index (Phi) is 7.37. The Hall–Kier alpha value is -3.48. The number of hydrogen-bond donors (Lipinski definition) is 0. The van der Waals surface area contributed by atoms with E-state index in [0.29, 0.717) is 31.0 Å². The van der Waals surface area contributed by atoms with Crippen LogP contribution in [0.1, 0.15) is 60.7 Å². The second kappa shape index (κ2) is 10.7. The standard InChI is InChI=1S/C31H38N2O5/c1-21-25-19-24(36-4)12-13-27(25)38-28(21)30(35)33-17-15-31(16-18-33)14-8-7-10-23-9-5-6-11-26(23)37-22(2)29(34)32(3)20-31/h5-6,9,11-13,19,22H,7-8,10,14-18,20H2,1-4H3/t22-/m1/s1. The molecule has 0 bridgehead atoms. The van der Waals surface area contributed by atoms with E-state index in [1.165, 1.54) is 0 Å². The maximum Gasteiger partial charge on any atom is 0.289 e. The maximum absolute atomic E-state index is 13.5. The Morgan fingerprint density at radius 1 is 1.08 bits per heavy atom. The summed E-state index contributed by atoms with van der Waals surface area (Å²) in [4.78, 5) is 30.5. The lowest BCUT2D eigenvalue weighted by molar-refractivity contribution is -0.138. The number of methoxy groups -OCH3 is 1. The molecule has 0 radical (unpaired) electrons. The number of ether oxygens (including phenoxy) is 2. The fourth-order valence-corrected chi connectivity index (χ4v) is 6.12. The number of likely N-dealkylation sites (tertiary alicyclic amines) is 1. The van der Waals surface area contributed by atoms with Gasteiger partial charge in [0.2, 0.25) is 0 Å². The molecule has 2 aromatic carbocycles. The molecule has 0 N–H and O–H groups in total. The predicted octanol–water partition coefficient (Wildman–Crippen LogP) is 5.62. The first-order chi connectivity index (χ1) is 18.3. The number of fused-ring (bicyclic) bond motifs is 2. The summed E-state index contributed by atoms with van der Waals surface area (Å²) in [5.74, 6) is 1.88. The minimum atomic E-state index is -0.547. The van der Waals surface area contributed by atoms with Crippen molar-refractivity contribution in [2.75, 3.05) is 33.8 Å². The highest BCUT2D eigenvalue weighted by Gasteiger charge is 2.39. The van der Waals surface area contributed by atoms with Crippen molar-refractivity contribution in [2.45, 2.75) is 58.5 Å². The molecule has 202 valence electrons. The number of rotatable bonds is 2. The highest BCUT2D eigenvalue weighted by atomic mass is 16.5. The Morgan fingerprint density at radius 3 is 2.61 bits per heavy atom. The molecule has 3 heterocycles. The van der Waals surface area contributed by atoms with Crippen molar-refractivity contribution < 1.29 is 23.5 Å². The van der Waals surface area contributed by atoms with Crippen LogP contribution >= 0.6 is 0 Å². The quantitative estimate of drug-likeness (QED) is 0.440. The summed E-state index contributed by atoms with van der Waals surface area (Å²) in [6.07, 6.45) is 5.28. The first-order valence-electron chi connectivity index (χ1n) is 13.7. The van der Waals surface area contributed by atoms with Crippen molar-refractivity contribution in [3.05, 3.63) is 59.4 Å². The van der Waals surface area contributed by atoms with E-state index >= 15 is 0 Å². The molecule has 1 aromatic heterocycles. The third kappa shape index (κ3) is 5.11. The van der Waals surface area contributed by atoms with Gasteiger partial charge in [-0.25, -0.2) is 0 Å². The van der Waals surface area contributed by atoms with Crippen molar-refractivity contribution in [3.63, 3.8) is 0 Å². The van der Waals surface area contributed by atoms with Crippen LogP contribution in [0.25, 0.3) is 11.0 Å². The van der Waals surface area contributed by atoms with Crippen LogP contribution in [0.3, 0.4) is 0 Å². The molecule has 1 atom stereocenters. The summed E-state index contributed by atoms with van der Waals surface area (Å²) in [5.41, 5.74) is 2.67. The Bertz CT molecular complexity index is 1320. The van der Waals surface area contributed by atoms with Crippen LogP contribution in [-0.4, -0.2) is 61.5 Å². The number of benzene rings is 2. The van der Waals surface area contributed by atoms with Crippen LogP contribution in [0.5, 0.6) is 11.5 Å². The summed E-state index contributed by atoms with van der Waals surface area (Å²) in [6.45, 7) is 5.73. The topological polar surface area (TPSA) is 72.2 Å². The van der Waals surface area contributed by atoms with E-state index in [-0.39, 0.29) is 17.2 Å². The van der Waals surface area contributed by atoms with Gasteiger partial charge in [0.1, 0.15) is 17.1 Å². The average Bonchev–Trinajstić information content (AvgIpc) is 3.26. The minimum absolute atomic E-state index is 0.00779. The molecule has 2 aliphatic rings. The molecule has 2 aliphatic heterocycles. The van der Waals surface area contributed by atoms with Crippen molar-refractivity contribution in [3.8, 4) is 11.5 Å². The summed E-state index contributed by atoms with van der Waals surface area (Å²) in [5, 5.41) is 0.901. The summed E-state index contributed by atoms with van der Waals surface area (Å²) in [6, 6.07) is 13.6. The van der Waals surface area contributed by atoms with Gasteiger partial charge in [-0.05, 0) is 81.2 Å². The van der Waals surface area contributed by atoms with Crippen molar-refractivity contribution in [2.24, 2.45) is 5.41 Å². The Morgan fingerprint density at radius 2 is 1.84 bits per heavy atom. The number of carbonyl (C=O) groups is 2. The third-order valence-corrected chi connectivity index (χ3v) is 8.43. The van der Waals surface area contributed by atoms with Crippen molar-refractivity contribution in [1.82, 2.24) is 9.80 Å². The maximum atomic E-state index is 13.5. The molecule has 0 aliphatic carbocycles. The normalized spacial score (nSPS) is 20.4. The molecule has 38 heavy (non-hydrogen) atoms. The molecule has 2 amide bonds. The largest absolute Gasteiger partial charge is 0.497 e. The Balaban J connectivity index is 1.31. The van der Waals surface area contributed by atoms with Gasteiger partial charge >= 0.3 is 0 Å². The lowest BCUT2D eigenvalue weighted by Gasteiger charge is -2.44. The predicted molar refractivity (Wildman–Crippen MR) is 147 cm³/mol. The molecular formula is C31H38N2O5. The zero-order chi connectivity index (χ0) is 26.9. The molecule has 5 rings (SSSR count). The van der Waals surface area contributed by atoms with Gasteiger partial charge in [-0.1, -0.05) is 24.6 Å². The smallest absolute Gasteiger partial charge is 0.289 e. The van der Waals surface area contributed by atoms with E-state index in [9.17, 15) is 9.59 Å². The monoisotopic (exact) mass is 518 g/mol. The number of nitrogens with zero attached hydrogens (tertiary/aromatic N) is 2. The summed E-state index contributed by atoms with van der Waals surface area (Å²) >= 11 is 0.